The first-order valence-electron chi connectivity index (χ1n) is 4.43. The number of carbonyl (C=O) groups is 1. The fourth-order valence-electron chi connectivity index (χ4n) is 1.14. The van der Waals surface area contributed by atoms with Gasteiger partial charge < -0.3 is 5.32 Å². The van der Waals surface area contributed by atoms with Crippen LogP contribution in [-0.2, 0) is 17.2 Å². The van der Waals surface area contributed by atoms with E-state index in [-0.39, 0.29) is 12.4 Å². The van der Waals surface area contributed by atoms with Crippen molar-refractivity contribution in [3.63, 3.8) is 0 Å². The van der Waals surface area contributed by atoms with Crippen LogP contribution in [0.4, 0.5) is 13.2 Å². The van der Waals surface area contributed by atoms with Crippen LogP contribution in [0.1, 0.15) is 11.1 Å². The molecule has 6 heteroatoms. The summed E-state index contributed by atoms with van der Waals surface area (Å²) in [4.78, 5) is 10.6. The summed E-state index contributed by atoms with van der Waals surface area (Å²) < 4.78 is 35.7. The second kappa shape index (κ2) is 5.21. The molecule has 0 aliphatic carbocycles. The molecule has 0 fully saturated rings. The lowest BCUT2D eigenvalue weighted by Gasteiger charge is -2.10. The summed E-state index contributed by atoms with van der Waals surface area (Å²) in [6.07, 6.45) is -4.85. The SMILES string of the molecule is O=C(NCc1ccccc1CCl)C(F)(F)F. The number of hydrogen-bond donors (Lipinski definition) is 1. The van der Waals surface area contributed by atoms with Gasteiger partial charge in [0.15, 0.2) is 0 Å². The number of alkyl halides is 4. The number of amides is 1. The van der Waals surface area contributed by atoms with Gasteiger partial charge in [0, 0.05) is 12.4 Å². The minimum absolute atomic E-state index is 0.179. The summed E-state index contributed by atoms with van der Waals surface area (Å²) in [7, 11) is 0. The number of carbonyl (C=O) groups excluding carboxylic acids is 1. The first-order chi connectivity index (χ1) is 7.45. The molecule has 0 spiro atoms. The topological polar surface area (TPSA) is 29.1 Å². The number of nitrogens with one attached hydrogen (secondary N) is 1. The molecular formula is C10H9ClF3NO. The van der Waals surface area contributed by atoms with Crippen molar-refractivity contribution < 1.29 is 18.0 Å². The third kappa shape index (κ3) is 3.41. The Morgan fingerprint density at radius 1 is 1.25 bits per heavy atom. The summed E-state index contributed by atoms with van der Waals surface area (Å²) in [5, 5.41) is 1.79. The Labute approximate surface area is 95.4 Å². The lowest BCUT2D eigenvalue weighted by molar-refractivity contribution is -0.173. The normalized spacial score (nSPS) is 11.2. The fraction of sp³-hybridized carbons (Fsp3) is 0.300. The zero-order chi connectivity index (χ0) is 12.2. The van der Waals surface area contributed by atoms with Crippen molar-refractivity contribution in [2.24, 2.45) is 0 Å². The van der Waals surface area contributed by atoms with Gasteiger partial charge in [0.25, 0.3) is 0 Å². The van der Waals surface area contributed by atoms with Gasteiger partial charge in [-0.2, -0.15) is 13.2 Å². The van der Waals surface area contributed by atoms with Gasteiger partial charge in [-0.15, -0.1) is 11.6 Å². The van der Waals surface area contributed by atoms with Crippen LogP contribution in [0.15, 0.2) is 24.3 Å². The van der Waals surface area contributed by atoms with E-state index in [1.54, 1.807) is 29.6 Å². The molecule has 1 rings (SSSR count). The molecule has 1 aromatic carbocycles. The van der Waals surface area contributed by atoms with E-state index in [0.717, 1.165) is 0 Å². The smallest absolute Gasteiger partial charge is 0.344 e. The third-order valence-electron chi connectivity index (χ3n) is 1.96. The molecule has 0 aliphatic heterocycles. The van der Waals surface area contributed by atoms with Gasteiger partial charge in [-0.05, 0) is 11.1 Å². The maximum absolute atomic E-state index is 11.9. The van der Waals surface area contributed by atoms with Gasteiger partial charge in [0.05, 0.1) is 0 Å². The average Bonchev–Trinajstić information content (AvgIpc) is 2.24. The van der Waals surface area contributed by atoms with Gasteiger partial charge in [0.1, 0.15) is 0 Å². The highest BCUT2D eigenvalue weighted by Gasteiger charge is 2.38. The van der Waals surface area contributed by atoms with E-state index < -0.39 is 12.1 Å². The maximum atomic E-state index is 11.9. The van der Waals surface area contributed by atoms with Crippen molar-refractivity contribution in [1.82, 2.24) is 5.32 Å². The first kappa shape index (κ1) is 12.8. The second-order valence-corrected chi connectivity index (χ2v) is 3.35. The molecule has 1 N–H and O–H groups in total. The van der Waals surface area contributed by atoms with Crippen LogP contribution in [0, 0.1) is 0 Å². The fourth-order valence-corrected chi connectivity index (χ4v) is 1.40. The minimum atomic E-state index is -4.85. The Bertz CT molecular complexity index is 379. The van der Waals surface area contributed by atoms with E-state index in [0.29, 0.717) is 11.1 Å². The van der Waals surface area contributed by atoms with Crippen LogP contribution >= 0.6 is 11.6 Å². The first-order valence-corrected chi connectivity index (χ1v) is 4.96. The van der Waals surface area contributed by atoms with Crippen LogP contribution in [0.2, 0.25) is 0 Å². The molecule has 2 nitrogen and oxygen atoms in total. The molecule has 0 aliphatic rings. The molecule has 16 heavy (non-hydrogen) atoms. The molecule has 0 unspecified atom stereocenters. The van der Waals surface area contributed by atoms with Gasteiger partial charge in [-0.3, -0.25) is 4.79 Å². The summed E-state index contributed by atoms with van der Waals surface area (Å²) in [6, 6.07) is 6.72. The summed E-state index contributed by atoms with van der Waals surface area (Å²) >= 11 is 5.60. The van der Waals surface area contributed by atoms with E-state index in [9.17, 15) is 18.0 Å². The molecule has 0 heterocycles. The van der Waals surface area contributed by atoms with E-state index in [1.807, 2.05) is 0 Å². The average molecular weight is 252 g/mol. The molecule has 88 valence electrons. The Balaban J connectivity index is 2.65. The van der Waals surface area contributed by atoms with E-state index in [2.05, 4.69) is 0 Å². The lowest BCUT2D eigenvalue weighted by Crippen LogP contribution is -2.36. The quantitative estimate of drug-likeness (QED) is 0.822. The molecule has 0 saturated carbocycles. The van der Waals surface area contributed by atoms with Gasteiger partial charge >= 0.3 is 12.1 Å². The molecule has 0 aromatic heterocycles. The largest absolute Gasteiger partial charge is 0.471 e. The summed E-state index contributed by atoms with van der Waals surface area (Å²) in [5.41, 5.74) is 1.28. The number of halogens is 4. The summed E-state index contributed by atoms with van der Waals surface area (Å²) in [5.74, 6) is -1.75. The van der Waals surface area contributed by atoms with Crippen LogP contribution in [-0.4, -0.2) is 12.1 Å². The standard InChI is InChI=1S/C10H9ClF3NO/c11-5-7-3-1-2-4-8(7)6-15-9(16)10(12,13)14/h1-4H,5-6H2,(H,15,16). The molecular weight excluding hydrogens is 243 g/mol. The zero-order valence-corrected chi connectivity index (χ0v) is 8.90. The number of benzene rings is 1. The lowest BCUT2D eigenvalue weighted by atomic mass is 10.1. The van der Waals surface area contributed by atoms with E-state index in [4.69, 9.17) is 11.6 Å². The molecule has 0 saturated heterocycles. The van der Waals surface area contributed by atoms with Crippen LogP contribution in [0.3, 0.4) is 0 Å². The van der Waals surface area contributed by atoms with Crippen molar-refractivity contribution >= 4 is 17.5 Å². The van der Waals surface area contributed by atoms with Crippen molar-refractivity contribution in [3.05, 3.63) is 35.4 Å². The Morgan fingerprint density at radius 2 is 1.81 bits per heavy atom. The maximum Gasteiger partial charge on any atom is 0.471 e. The Hall–Kier alpha value is -1.23. The molecule has 0 radical (unpaired) electrons. The van der Waals surface area contributed by atoms with Gasteiger partial charge in [-0.25, -0.2) is 0 Å². The van der Waals surface area contributed by atoms with Crippen molar-refractivity contribution in [2.75, 3.05) is 0 Å². The molecule has 0 bridgehead atoms. The van der Waals surface area contributed by atoms with Crippen molar-refractivity contribution in [3.8, 4) is 0 Å². The van der Waals surface area contributed by atoms with Crippen LogP contribution in [0.5, 0.6) is 0 Å². The van der Waals surface area contributed by atoms with Crippen LogP contribution in [0.25, 0.3) is 0 Å². The Kier molecular flexibility index (Phi) is 4.18. The third-order valence-corrected chi connectivity index (χ3v) is 2.25. The number of rotatable bonds is 3. The van der Waals surface area contributed by atoms with Crippen LogP contribution < -0.4 is 5.32 Å². The van der Waals surface area contributed by atoms with Gasteiger partial charge in [0.2, 0.25) is 0 Å². The summed E-state index contributed by atoms with van der Waals surface area (Å²) in [6.45, 7) is -0.179. The highest BCUT2D eigenvalue weighted by molar-refractivity contribution is 6.17. The predicted molar refractivity (Wildman–Crippen MR) is 53.9 cm³/mol. The minimum Gasteiger partial charge on any atom is -0.344 e. The highest BCUT2D eigenvalue weighted by Crippen LogP contribution is 2.15. The monoisotopic (exact) mass is 251 g/mol. The van der Waals surface area contributed by atoms with E-state index in [1.165, 1.54) is 0 Å². The molecule has 0 atom stereocenters. The van der Waals surface area contributed by atoms with Crippen molar-refractivity contribution in [1.29, 1.82) is 0 Å². The predicted octanol–water partition coefficient (Wildman–Crippen LogP) is 2.60. The van der Waals surface area contributed by atoms with E-state index >= 15 is 0 Å². The molecule has 1 aromatic rings. The second-order valence-electron chi connectivity index (χ2n) is 3.08. The van der Waals surface area contributed by atoms with Crippen molar-refractivity contribution in [2.45, 2.75) is 18.6 Å². The van der Waals surface area contributed by atoms with Gasteiger partial charge in [-0.1, -0.05) is 24.3 Å². The highest BCUT2D eigenvalue weighted by atomic mass is 35.5. The molecule has 1 amide bonds. The number of hydrogen-bond acceptors (Lipinski definition) is 1. The zero-order valence-electron chi connectivity index (χ0n) is 8.14. The Morgan fingerprint density at radius 3 is 2.31 bits per heavy atom.